The number of fused-ring (bicyclic) bond motifs is 1. The first kappa shape index (κ1) is 14.7. The number of aliphatic hydroxyl groups excluding tert-OH is 1. The second-order valence-corrected chi connectivity index (χ2v) is 5.18. The summed E-state index contributed by atoms with van der Waals surface area (Å²) in [5, 5.41) is 12.1. The lowest BCUT2D eigenvalue weighted by Gasteiger charge is -2.28. The van der Waals surface area contributed by atoms with Crippen LogP contribution in [0.25, 0.3) is 0 Å². The lowest BCUT2D eigenvalue weighted by atomic mass is 10.0. The standard InChI is InChI=1S/C15H23N3O2/c1-2-3-6-18(7-8-19)14-10-13-11(9-12(14)16)4-5-15(20)17-13/h9-10,19H,2-8,16H2,1H3,(H,17,20). The summed E-state index contributed by atoms with van der Waals surface area (Å²) in [5.74, 6) is 0.0514. The van der Waals surface area contributed by atoms with E-state index >= 15 is 0 Å². The number of unbranched alkanes of at least 4 members (excludes halogenated alkanes) is 1. The monoisotopic (exact) mass is 277 g/mol. The molecule has 1 aliphatic rings. The number of nitrogen functional groups attached to an aromatic ring is 1. The van der Waals surface area contributed by atoms with E-state index in [9.17, 15) is 9.90 Å². The van der Waals surface area contributed by atoms with Crippen molar-refractivity contribution < 1.29 is 9.90 Å². The summed E-state index contributed by atoms with van der Waals surface area (Å²) >= 11 is 0. The maximum Gasteiger partial charge on any atom is 0.224 e. The Morgan fingerprint density at radius 1 is 1.35 bits per heavy atom. The van der Waals surface area contributed by atoms with Crippen LogP contribution in [0, 0.1) is 0 Å². The molecule has 0 spiro atoms. The lowest BCUT2D eigenvalue weighted by Crippen LogP contribution is -2.29. The molecule has 0 unspecified atom stereocenters. The predicted octanol–water partition coefficient (Wildman–Crippen LogP) is 1.75. The van der Waals surface area contributed by atoms with Gasteiger partial charge in [0.15, 0.2) is 0 Å². The van der Waals surface area contributed by atoms with Crippen LogP contribution in [0.2, 0.25) is 0 Å². The molecule has 0 atom stereocenters. The van der Waals surface area contributed by atoms with Crippen LogP contribution >= 0.6 is 0 Å². The number of hydrogen-bond acceptors (Lipinski definition) is 4. The number of carbonyl (C=O) groups excluding carboxylic acids is 1. The van der Waals surface area contributed by atoms with Crippen molar-refractivity contribution in [3.8, 4) is 0 Å². The molecule has 0 saturated heterocycles. The van der Waals surface area contributed by atoms with Crippen LogP contribution in [0.3, 0.4) is 0 Å². The van der Waals surface area contributed by atoms with Gasteiger partial charge in [0.1, 0.15) is 0 Å². The molecule has 1 aliphatic heterocycles. The molecule has 0 aliphatic carbocycles. The number of rotatable bonds is 6. The Labute approximate surface area is 119 Å². The fourth-order valence-corrected chi connectivity index (χ4v) is 2.53. The van der Waals surface area contributed by atoms with Gasteiger partial charge in [0, 0.05) is 25.2 Å². The molecule has 2 rings (SSSR count). The van der Waals surface area contributed by atoms with Crippen molar-refractivity contribution in [2.75, 3.05) is 35.6 Å². The molecule has 0 radical (unpaired) electrons. The number of benzene rings is 1. The van der Waals surface area contributed by atoms with Gasteiger partial charge in [-0.15, -0.1) is 0 Å². The Morgan fingerprint density at radius 2 is 2.15 bits per heavy atom. The molecule has 0 fully saturated rings. The van der Waals surface area contributed by atoms with Crippen molar-refractivity contribution in [1.82, 2.24) is 0 Å². The number of anilines is 3. The number of nitrogens with two attached hydrogens (primary N) is 1. The van der Waals surface area contributed by atoms with E-state index in [1.807, 2.05) is 12.1 Å². The number of aliphatic hydroxyl groups is 1. The highest BCUT2D eigenvalue weighted by atomic mass is 16.3. The Hall–Kier alpha value is -1.75. The predicted molar refractivity (Wildman–Crippen MR) is 82.0 cm³/mol. The summed E-state index contributed by atoms with van der Waals surface area (Å²) in [6.45, 7) is 3.63. The molecule has 1 amide bonds. The minimum Gasteiger partial charge on any atom is -0.397 e. The molecular formula is C15H23N3O2. The average molecular weight is 277 g/mol. The van der Waals surface area contributed by atoms with Crippen molar-refractivity contribution in [3.63, 3.8) is 0 Å². The van der Waals surface area contributed by atoms with Gasteiger partial charge in [0.05, 0.1) is 18.0 Å². The molecule has 1 aromatic rings. The van der Waals surface area contributed by atoms with Gasteiger partial charge >= 0.3 is 0 Å². The molecule has 20 heavy (non-hydrogen) atoms. The number of carbonyl (C=O) groups is 1. The number of aryl methyl sites for hydroxylation is 1. The molecule has 0 saturated carbocycles. The zero-order valence-corrected chi connectivity index (χ0v) is 12.0. The van der Waals surface area contributed by atoms with E-state index in [2.05, 4.69) is 17.1 Å². The van der Waals surface area contributed by atoms with Gasteiger partial charge in [0.25, 0.3) is 0 Å². The van der Waals surface area contributed by atoms with Crippen molar-refractivity contribution in [1.29, 1.82) is 0 Å². The van der Waals surface area contributed by atoms with Gasteiger partial charge in [-0.05, 0) is 30.5 Å². The van der Waals surface area contributed by atoms with Crippen molar-refractivity contribution in [3.05, 3.63) is 17.7 Å². The molecule has 5 nitrogen and oxygen atoms in total. The highest BCUT2D eigenvalue weighted by molar-refractivity contribution is 5.95. The Morgan fingerprint density at radius 3 is 2.85 bits per heavy atom. The van der Waals surface area contributed by atoms with Gasteiger partial charge in [0.2, 0.25) is 5.91 Å². The van der Waals surface area contributed by atoms with E-state index in [0.717, 1.165) is 42.7 Å². The SMILES string of the molecule is CCCCN(CCO)c1cc2c(cc1N)CCC(=O)N2. The first-order valence-electron chi connectivity index (χ1n) is 7.23. The fraction of sp³-hybridized carbons (Fsp3) is 0.533. The van der Waals surface area contributed by atoms with Crippen LogP contribution in [0.4, 0.5) is 17.1 Å². The number of amides is 1. The molecule has 0 bridgehead atoms. The highest BCUT2D eigenvalue weighted by Crippen LogP contribution is 2.33. The molecule has 5 heteroatoms. The topological polar surface area (TPSA) is 78.6 Å². The average Bonchev–Trinajstić information content (AvgIpc) is 2.43. The van der Waals surface area contributed by atoms with E-state index in [1.54, 1.807) is 0 Å². The van der Waals surface area contributed by atoms with Crippen LogP contribution in [0.5, 0.6) is 0 Å². The molecular weight excluding hydrogens is 254 g/mol. The Bertz CT molecular complexity index is 488. The zero-order valence-electron chi connectivity index (χ0n) is 12.0. The first-order chi connectivity index (χ1) is 9.65. The summed E-state index contributed by atoms with van der Waals surface area (Å²) in [7, 11) is 0. The maximum atomic E-state index is 11.5. The third-order valence-corrected chi connectivity index (χ3v) is 3.64. The third-order valence-electron chi connectivity index (χ3n) is 3.64. The lowest BCUT2D eigenvalue weighted by molar-refractivity contribution is -0.116. The summed E-state index contributed by atoms with van der Waals surface area (Å²) < 4.78 is 0. The van der Waals surface area contributed by atoms with Gasteiger partial charge in [-0.3, -0.25) is 4.79 Å². The van der Waals surface area contributed by atoms with E-state index in [0.29, 0.717) is 18.7 Å². The summed E-state index contributed by atoms with van der Waals surface area (Å²) in [5.41, 5.74) is 9.70. The maximum absolute atomic E-state index is 11.5. The zero-order chi connectivity index (χ0) is 14.5. The largest absolute Gasteiger partial charge is 0.397 e. The second-order valence-electron chi connectivity index (χ2n) is 5.18. The second kappa shape index (κ2) is 6.61. The van der Waals surface area contributed by atoms with Gasteiger partial charge in [-0.1, -0.05) is 13.3 Å². The van der Waals surface area contributed by atoms with Crippen molar-refractivity contribution >= 4 is 23.0 Å². The molecule has 4 N–H and O–H groups in total. The van der Waals surface area contributed by atoms with Crippen LogP contribution in [-0.4, -0.2) is 30.7 Å². The number of nitrogens with zero attached hydrogens (tertiary/aromatic N) is 1. The summed E-state index contributed by atoms with van der Waals surface area (Å²) in [6.07, 6.45) is 3.38. The summed E-state index contributed by atoms with van der Waals surface area (Å²) in [6, 6.07) is 3.88. The first-order valence-corrected chi connectivity index (χ1v) is 7.23. The quantitative estimate of drug-likeness (QED) is 0.692. The molecule has 1 aromatic carbocycles. The van der Waals surface area contributed by atoms with Crippen molar-refractivity contribution in [2.24, 2.45) is 0 Å². The van der Waals surface area contributed by atoms with E-state index in [1.165, 1.54) is 0 Å². The molecule has 0 aromatic heterocycles. The summed E-state index contributed by atoms with van der Waals surface area (Å²) in [4.78, 5) is 13.6. The van der Waals surface area contributed by atoms with Crippen LogP contribution in [0.1, 0.15) is 31.7 Å². The van der Waals surface area contributed by atoms with Gasteiger partial charge in [-0.2, -0.15) is 0 Å². The normalized spacial score (nSPS) is 13.8. The van der Waals surface area contributed by atoms with E-state index in [-0.39, 0.29) is 12.5 Å². The molecule has 1 heterocycles. The van der Waals surface area contributed by atoms with E-state index < -0.39 is 0 Å². The fourth-order valence-electron chi connectivity index (χ4n) is 2.53. The third kappa shape index (κ3) is 3.22. The minimum absolute atomic E-state index is 0.0514. The van der Waals surface area contributed by atoms with Gasteiger partial charge in [-0.25, -0.2) is 0 Å². The van der Waals surface area contributed by atoms with Crippen LogP contribution in [-0.2, 0) is 11.2 Å². The number of nitrogens with one attached hydrogen (secondary N) is 1. The highest BCUT2D eigenvalue weighted by Gasteiger charge is 2.18. The van der Waals surface area contributed by atoms with E-state index in [4.69, 9.17) is 5.73 Å². The Kier molecular flexibility index (Phi) is 4.84. The molecule has 110 valence electrons. The van der Waals surface area contributed by atoms with Crippen LogP contribution in [0.15, 0.2) is 12.1 Å². The number of hydrogen-bond donors (Lipinski definition) is 3. The van der Waals surface area contributed by atoms with Crippen molar-refractivity contribution in [2.45, 2.75) is 32.6 Å². The van der Waals surface area contributed by atoms with Gasteiger partial charge < -0.3 is 21.1 Å². The smallest absolute Gasteiger partial charge is 0.224 e. The minimum atomic E-state index is 0.0514. The Balaban J connectivity index is 2.29. The van der Waals surface area contributed by atoms with Crippen LogP contribution < -0.4 is 16.0 Å².